The number of hydrogen-bond donors (Lipinski definition) is 1. The molecule has 2 heterocycles. The minimum Gasteiger partial charge on any atom is -0.481 e. The number of aryl methyl sites for hydroxylation is 1. The fourth-order valence-corrected chi connectivity index (χ4v) is 2.15. The molecule has 2 aromatic rings. The van der Waals surface area contributed by atoms with Crippen molar-refractivity contribution in [1.82, 2.24) is 14.8 Å². The van der Waals surface area contributed by atoms with Gasteiger partial charge in [0.1, 0.15) is 0 Å². The van der Waals surface area contributed by atoms with Crippen LogP contribution in [0, 0.1) is 0 Å². The third kappa shape index (κ3) is 2.98. The summed E-state index contributed by atoms with van der Waals surface area (Å²) in [4.78, 5) is 14.3. The molecule has 2 aromatic heterocycles. The molecular formula is C10H8F3N3O2S. The first-order chi connectivity index (χ1) is 8.77. The van der Waals surface area contributed by atoms with E-state index in [1.807, 2.05) is 0 Å². The first-order valence-corrected chi connectivity index (χ1v) is 6.02. The molecule has 0 unspecified atom stereocenters. The summed E-state index contributed by atoms with van der Waals surface area (Å²) >= 11 is 0.723. The van der Waals surface area contributed by atoms with Gasteiger partial charge in [0, 0.05) is 13.2 Å². The summed E-state index contributed by atoms with van der Waals surface area (Å²) in [6.45, 7) is 0. The number of pyridine rings is 1. The largest absolute Gasteiger partial charge is 0.481 e. The maximum Gasteiger partial charge on any atom is 0.417 e. The van der Waals surface area contributed by atoms with Crippen LogP contribution in [0.1, 0.15) is 5.56 Å². The number of carboxylic acid groups (broad SMARTS) is 1. The summed E-state index contributed by atoms with van der Waals surface area (Å²) < 4.78 is 40.0. The van der Waals surface area contributed by atoms with Gasteiger partial charge < -0.3 is 5.11 Å². The van der Waals surface area contributed by atoms with Gasteiger partial charge in [-0.15, -0.1) is 0 Å². The number of carboxylic acids is 1. The van der Waals surface area contributed by atoms with Gasteiger partial charge >= 0.3 is 12.1 Å². The fourth-order valence-electron chi connectivity index (χ4n) is 1.53. The number of carbonyl (C=O) groups is 1. The van der Waals surface area contributed by atoms with E-state index in [9.17, 15) is 18.0 Å². The SMILES string of the molecule is Cn1cc2c(C(F)(F)F)cc(SCC(=O)O)nc2n1. The zero-order valence-corrected chi connectivity index (χ0v) is 10.4. The molecule has 102 valence electrons. The van der Waals surface area contributed by atoms with Crippen LogP contribution in [0.3, 0.4) is 0 Å². The molecule has 0 aliphatic heterocycles. The van der Waals surface area contributed by atoms with Gasteiger partial charge in [-0.2, -0.15) is 18.3 Å². The van der Waals surface area contributed by atoms with Crippen LogP contribution in [0.25, 0.3) is 11.0 Å². The monoisotopic (exact) mass is 291 g/mol. The lowest BCUT2D eigenvalue weighted by Crippen LogP contribution is -2.07. The van der Waals surface area contributed by atoms with Crippen LogP contribution >= 0.6 is 11.8 Å². The molecule has 2 rings (SSSR count). The van der Waals surface area contributed by atoms with Crippen molar-refractivity contribution in [2.24, 2.45) is 7.05 Å². The Labute approximate surface area is 109 Å². The highest BCUT2D eigenvalue weighted by molar-refractivity contribution is 7.99. The predicted octanol–water partition coefficient (Wildman–Crippen LogP) is 2.16. The van der Waals surface area contributed by atoms with Gasteiger partial charge in [0.15, 0.2) is 5.65 Å². The molecule has 0 fully saturated rings. The van der Waals surface area contributed by atoms with E-state index in [2.05, 4.69) is 10.1 Å². The fraction of sp³-hybridized carbons (Fsp3) is 0.300. The van der Waals surface area contributed by atoms with Crippen molar-refractivity contribution in [3.63, 3.8) is 0 Å². The Morgan fingerprint density at radius 1 is 1.53 bits per heavy atom. The molecule has 0 aromatic carbocycles. The lowest BCUT2D eigenvalue weighted by atomic mass is 10.2. The molecule has 9 heteroatoms. The van der Waals surface area contributed by atoms with Gasteiger partial charge in [0.25, 0.3) is 0 Å². The van der Waals surface area contributed by atoms with E-state index in [1.165, 1.54) is 17.9 Å². The van der Waals surface area contributed by atoms with Crippen LogP contribution in [-0.2, 0) is 18.0 Å². The minimum absolute atomic E-state index is 0.0130. The number of halogens is 3. The highest BCUT2D eigenvalue weighted by atomic mass is 32.2. The summed E-state index contributed by atoms with van der Waals surface area (Å²) in [7, 11) is 1.49. The normalized spacial score (nSPS) is 12.0. The number of alkyl halides is 3. The Hall–Kier alpha value is -1.77. The third-order valence-electron chi connectivity index (χ3n) is 2.23. The van der Waals surface area contributed by atoms with E-state index in [0.29, 0.717) is 0 Å². The zero-order valence-electron chi connectivity index (χ0n) is 9.60. The number of nitrogens with zero attached hydrogens (tertiary/aromatic N) is 3. The first kappa shape index (κ1) is 13.7. The van der Waals surface area contributed by atoms with Gasteiger partial charge in [-0.25, -0.2) is 4.98 Å². The summed E-state index contributed by atoms with van der Waals surface area (Å²) in [6, 6.07) is 0.845. The van der Waals surface area contributed by atoms with Crippen LogP contribution in [-0.4, -0.2) is 31.6 Å². The number of hydrogen-bond acceptors (Lipinski definition) is 4. The number of aliphatic carboxylic acids is 1. The van der Waals surface area contributed by atoms with Crippen LogP contribution < -0.4 is 0 Å². The Morgan fingerprint density at radius 2 is 2.21 bits per heavy atom. The van der Waals surface area contributed by atoms with Crippen LogP contribution in [0.5, 0.6) is 0 Å². The van der Waals surface area contributed by atoms with E-state index in [4.69, 9.17) is 5.11 Å². The van der Waals surface area contributed by atoms with Crippen LogP contribution in [0.4, 0.5) is 13.2 Å². The number of rotatable bonds is 3. The third-order valence-corrected chi connectivity index (χ3v) is 3.13. The summed E-state index contributed by atoms with van der Waals surface area (Å²) in [5.41, 5.74) is -0.913. The number of aromatic nitrogens is 3. The Bertz CT molecular complexity index is 639. The molecule has 0 aliphatic rings. The molecule has 0 spiro atoms. The smallest absolute Gasteiger partial charge is 0.417 e. The van der Waals surface area contributed by atoms with Crippen molar-refractivity contribution in [2.75, 3.05) is 5.75 Å². The van der Waals surface area contributed by atoms with Gasteiger partial charge in [-0.3, -0.25) is 9.48 Å². The van der Waals surface area contributed by atoms with Crippen LogP contribution in [0.15, 0.2) is 17.3 Å². The van der Waals surface area contributed by atoms with Crippen molar-refractivity contribution >= 4 is 28.8 Å². The summed E-state index contributed by atoms with van der Waals surface area (Å²) in [5.74, 6) is -1.48. The van der Waals surface area contributed by atoms with E-state index >= 15 is 0 Å². The van der Waals surface area contributed by atoms with Gasteiger partial charge in [-0.1, -0.05) is 11.8 Å². The van der Waals surface area contributed by atoms with Gasteiger partial charge in [0.05, 0.1) is 21.7 Å². The number of fused-ring (bicyclic) bond motifs is 1. The first-order valence-electron chi connectivity index (χ1n) is 5.03. The maximum absolute atomic E-state index is 12.9. The quantitative estimate of drug-likeness (QED) is 0.878. The van der Waals surface area contributed by atoms with Crippen LogP contribution in [0.2, 0.25) is 0 Å². The van der Waals surface area contributed by atoms with E-state index < -0.39 is 17.7 Å². The number of thioether (sulfide) groups is 1. The molecule has 0 atom stereocenters. The standard InChI is InChI=1S/C10H8F3N3O2S/c1-16-3-5-6(10(11,12)13)2-7(14-9(5)15-16)19-4-8(17)18/h2-3H,4H2,1H3,(H,17,18). The average molecular weight is 291 g/mol. The van der Waals surface area contributed by atoms with Gasteiger partial charge in [0.2, 0.25) is 0 Å². The van der Waals surface area contributed by atoms with Crippen molar-refractivity contribution in [1.29, 1.82) is 0 Å². The Morgan fingerprint density at radius 3 is 2.79 bits per heavy atom. The second-order valence-corrected chi connectivity index (χ2v) is 4.72. The predicted molar refractivity (Wildman–Crippen MR) is 61.9 cm³/mol. The molecule has 0 radical (unpaired) electrons. The topological polar surface area (TPSA) is 68.0 Å². The highest BCUT2D eigenvalue weighted by Gasteiger charge is 2.34. The lowest BCUT2D eigenvalue weighted by molar-refractivity contribution is -0.136. The second-order valence-electron chi connectivity index (χ2n) is 3.73. The molecule has 0 saturated carbocycles. The molecule has 1 N–H and O–H groups in total. The van der Waals surface area contributed by atoms with Crippen molar-refractivity contribution in [3.8, 4) is 0 Å². The van der Waals surface area contributed by atoms with E-state index in [0.717, 1.165) is 17.8 Å². The molecule has 5 nitrogen and oxygen atoms in total. The highest BCUT2D eigenvalue weighted by Crippen LogP contribution is 2.36. The maximum atomic E-state index is 12.9. The Kier molecular flexibility index (Phi) is 3.40. The zero-order chi connectivity index (χ0) is 14.2. The second kappa shape index (κ2) is 4.72. The van der Waals surface area contributed by atoms with Crippen molar-refractivity contribution < 1.29 is 23.1 Å². The van der Waals surface area contributed by atoms with E-state index in [1.54, 1.807) is 0 Å². The molecular weight excluding hydrogens is 283 g/mol. The molecule has 0 amide bonds. The summed E-state index contributed by atoms with van der Waals surface area (Å²) in [5, 5.41) is 12.2. The van der Waals surface area contributed by atoms with Crippen molar-refractivity contribution in [3.05, 3.63) is 17.8 Å². The Balaban J connectivity index is 2.53. The lowest BCUT2D eigenvalue weighted by Gasteiger charge is -2.08. The summed E-state index contributed by atoms with van der Waals surface area (Å²) in [6.07, 6.45) is -3.31. The molecule has 19 heavy (non-hydrogen) atoms. The van der Waals surface area contributed by atoms with E-state index in [-0.39, 0.29) is 21.8 Å². The molecule has 0 saturated heterocycles. The van der Waals surface area contributed by atoms with Gasteiger partial charge in [-0.05, 0) is 6.07 Å². The average Bonchev–Trinajstić information content (AvgIpc) is 2.63. The minimum atomic E-state index is -4.54. The molecule has 0 bridgehead atoms. The molecule has 0 aliphatic carbocycles. The van der Waals surface area contributed by atoms with Crippen molar-refractivity contribution in [2.45, 2.75) is 11.2 Å².